The van der Waals surface area contributed by atoms with Crippen LogP contribution >= 0.6 is 43.6 Å². The number of carboxylic acids is 1. The van der Waals surface area contributed by atoms with Gasteiger partial charge in [-0.3, -0.25) is 4.98 Å². The zero-order valence-corrected chi connectivity index (χ0v) is 13.6. The monoisotopic (exact) mass is 401 g/mol. The lowest BCUT2D eigenvalue weighted by Gasteiger charge is -2.06. The van der Waals surface area contributed by atoms with Crippen LogP contribution in [0.25, 0.3) is 0 Å². The molecule has 0 unspecified atom stereocenters. The number of nitrogens with zero attached hydrogens (tertiary/aromatic N) is 1. The molecule has 0 spiro atoms. The molecule has 2 aromatic rings. The van der Waals surface area contributed by atoms with Gasteiger partial charge in [-0.1, -0.05) is 15.9 Å². The van der Waals surface area contributed by atoms with Crippen LogP contribution in [0, 0.1) is 0 Å². The highest BCUT2D eigenvalue weighted by Gasteiger charge is 2.11. The molecule has 98 valence electrons. The number of benzene rings is 1. The maximum Gasteiger partial charge on any atom is 0.336 e. The van der Waals surface area contributed by atoms with Gasteiger partial charge in [0.05, 0.1) is 5.56 Å². The summed E-state index contributed by atoms with van der Waals surface area (Å²) in [6.45, 7) is 0. The van der Waals surface area contributed by atoms with Crippen LogP contribution in [0.1, 0.15) is 15.9 Å². The quantitative estimate of drug-likeness (QED) is 0.759. The fourth-order valence-electron chi connectivity index (χ4n) is 1.49. The van der Waals surface area contributed by atoms with Crippen LogP contribution in [0.15, 0.2) is 50.5 Å². The van der Waals surface area contributed by atoms with Crippen molar-refractivity contribution in [3.63, 3.8) is 0 Å². The van der Waals surface area contributed by atoms with E-state index in [0.717, 1.165) is 19.4 Å². The fraction of sp³-hybridized carbons (Fsp3) is 0.0769. The Bertz CT molecular complexity index is 619. The van der Waals surface area contributed by atoms with Gasteiger partial charge in [0.2, 0.25) is 0 Å². The van der Waals surface area contributed by atoms with Crippen molar-refractivity contribution in [1.29, 1.82) is 0 Å². The van der Waals surface area contributed by atoms with Gasteiger partial charge < -0.3 is 5.11 Å². The summed E-state index contributed by atoms with van der Waals surface area (Å²) < 4.78 is 1.78. The molecule has 0 aliphatic heterocycles. The van der Waals surface area contributed by atoms with Crippen molar-refractivity contribution in [3.8, 4) is 0 Å². The molecular weight excluding hydrogens is 394 g/mol. The highest BCUT2D eigenvalue weighted by Crippen LogP contribution is 2.29. The van der Waals surface area contributed by atoms with Gasteiger partial charge >= 0.3 is 5.97 Å². The Balaban J connectivity index is 2.19. The van der Waals surface area contributed by atoms with Crippen molar-refractivity contribution >= 4 is 49.6 Å². The second-order valence-corrected chi connectivity index (χ2v) is 6.59. The lowest BCUT2D eigenvalue weighted by Crippen LogP contribution is -1.98. The zero-order chi connectivity index (χ0) is 13.8. The first kappa shape index (κ1) is 14.6. The van der Waals surface area contributed by atoms with E-state index in [0.29, 0.717) is 11.3 Å². The Morgan fingerprint density at radius 1 is 1.21 bits per heavy atom. The number of carbonyl (C=O) groups is 1. The molecule has 3 nitrogen and oxygen atoms in total. The topological polar surface area (TPSA) is 50.2 Å². The predicted octanol–water partition coefficient (Wildman–Crippen LogP) is 4.60. The van der Waals surface area contributed by atoms with Crippen molar-refractivity contribution in [1.82, 2.24) is 4.98 Å². The largest absolute Gasteiger partial charge is 0.478 e. The Morgan fingerprint density at radius 3 is 2.68 bits per heavy atom. The van der Waals surface area contributed by atoms with Crippen molar-refractivity contribution in [2.75, 3.05) is 0 Å². The molecule has 0 amide bonds. The van der Waals surface area contributed by atoms with E-state index < -0.39 is 5.97 Å². The first-order valence-corrected chi connectivity index (χ1v) is 7.88. The molecule has 0 fully saturated rings. The number of aromatic nitrogens is 1. The van der Waals surface area contributed by atoms with Crippen molar-refractivity contribution in [3.05, 3.63) is 56.7 Å². The number of hydrogen-bond donors (Lipinski definition) is 1. The highest BCUT2D eigenvalue weighted by atomic mass is 79.9. The molecular formula is C13H9Br2NO2S. The molecule has 0 aliphatic carbocycles. The summed E-state index contributed by atoms with van der Waals surface area (Å²) in [6.07, 6.45) is 3.49. The SMILES string of the molecule is O=C(O)c1ccc(Br)cc1SCc1cncc(Br)c1. The van der Waals surface area contributed by atoms with Crippen LogP contribution in [-0.2, 0) is 5.75 Å². The molecule has 2 rings (SSSR count). The van der Waals surface area contributed by atoms with Gasteiger partial charge in [0.15, 0.2) is 0 Å². The number of pyridine rings is 1. The first-order valence-electron chi connectivity index (χ1n) is 5.31. The molecule has 6 heteroatoms. The maximum atomic E-state index is 11.2. The van der Waals surface area contributed by atoms with Gasteiger partial charge in [-0.25, -0.2) is 4.79 Å². The van der Waals surface area contributed by atoms with E-state index in [9.17, 15) is 4.79 Å². The van der Waals surface area contributed by atoms with Gasteiger partial charge in [0.25, 0.3) is 0 Å². The van der Waals surface area contributed by atoms with Gasteiger partial charge in [-0.05, 0) is 45.8 Å². The lowest BCUT2D eigenvalue weighted by molar-refractivity contribution is 0.0693. The number of hydrogen-bond acceptors (Lipinski definition) is 3. The molecule has 1 heterocycles. The standard InChI is InChI=1S/C13H9Br2NO2S/c14-9-1-2-11(13(17)18)12(4-9)19-7-8-3-10(15)6-16-5-8/h1-6H,7H2,(H,17,18). The third-order valence-electron chi connectivity index (χ3n) is 2.33. The molecule has 0 atom stereocenters. The van der Waals surface area contributed by atoms with Gasteiger partial charge in [-0.15, -0.1) is 11.8 Å². The van der Waals surface area contributed by atoms with E-state index in [1.54, 1.807) is 24.5 Å². The minimum atomic E-state index is -0.914. The zero-order valence-electron chi connectivity index (χ0n) is 9.64. The van der Waals surface area contributed by atoms with Gasteiger partial charge in [0, 0.05) is 32.0 Å². The minimum Gasteiger partial charge on any atom is -0.478 e. The summed E-state index contributed by atoms with van der Waals surface area (Å²) in [5.41, 5.74) is 1.35. The summed E-state index contributed by atoms with van der Waals surface area (Å²) in [6, 6.07) is 7.13. The fourth-order valence-corrected chi connectivity index (χ4v) is 3.41. The molecule has 19 heavy (non-hydrogen) atoms. The van der Waals surface area contributed by atoms with Crippen LogP contribution in [0.4, 0.5) is 0 Å². The van der Waals surface area contributed by atoms with Crippen LogP contribution in [0.5, 0.6) is 0 Å². The average Bonchev–Trinajstić information content (AvgIpc) is 2.36. The second-order valence-electron chi connectivity index (χ2n) is 3.75. The van der Waals surface area contributed by atoms with E-state index in [1.807, 2.05) is 12.1 Å². The molecule has 0 bridgehead atoms. The number of halogens is 2. The Hall–Kier alpha value is -0.850. The number of carboxylic acid groups (broad SMARTS) is 1. The molecule has 0 saturated heterocycles. The summed E-state index contributed by atoms with van der Waals surface area (Å²) in [4.78, 5) is 16.0. The molecule has 0 saturated carbocycles. The summed E-state index contributed by atoms with van der Waals surface area (Å²) >= 11 is 8.20. The van der Waals surface area contributed by atoms with Gasteiger partial charge in [0.1, 0.15) is 0 Å². The first-order chi connectivity index (χ1) is 9.06. The highest BCUT2D eigenvalue weighted by molar-refractivity contribution is 9.10. The van der Waals surface area contributed by atoms with Gasteiger partial charge in [-0.2, -0.15) is 0 Å². The maximum absolute atomic E-state index is 11.2. The Morgan fingerprint density at radius 2 is 2.00 bits per heavy atom. The van der Waals surface area contributed by atoms with Crippen LogP contribution in [0.2, 0.25) is 0 Å². The van der Waals surface area contributed by atoms with Crippen LogP contribution in [-0.4, -0.2) is 16.1 Å². The number of aromatic carboxylic acids is 1. The second kappa shape index (κ2) is 6.54. The molecule has 0 aliphatic rings. The Labute approximate surface area is 131 Å². The summed E-state index contributed by atoms with van der Waals surface area (Å²) in [7, 11) is 0. The number of rotatable bonds is 4. The van der Waals surface area contributed by atoms with Crippen molar-refractivity contribution in [2.24, 2.45) is 0 Å². The van der Waals surface area contributed by atoms with Crippen molar-refractivity contribution in [2.45, 2.75) is 10.6 Å². The minimum absolute atomic E-state index is 0.316. The average molecular weight is 403 g/mol. The van der Waals surface area contributed by atoms with Crippen LogP contribution < -0.4 is 0 Å². The smallest absolute Gasteiger partial charge is 0.336 e. The summed E-state index contributed by atoms with van der Waals surface area (Å²) in [5, 5.41) is 9.15. The number of thioether (sulfide) groups is 1. The van der Waals surface area contributed by atoms with Crippen molar-refractivity contribution < 1.29 is 9.90 Å². The van der Waals surface area contributed by atoms with Crippen LogP contribution in [0.3, 0.4) is 0 Å². The van der Waals surface area contributed by atoms with E-state index in [1.165, 1.54) is 11.8 Å². The normalized spacial score (nSPS) is 10.4. The molecule has 1 N–H and O–H groups in total. The lowest BCUT2D eigenvalue weighted by atomic mass is 10.2. The third-order valence-corrected chi connectivity index (χ3v) is 4.38. The molecule has 1 aromatic heterocycles. The predicted molar refractivity (Wildman–Crippen MR) is 82.6 cm³/mol. The van der Waals surface area contributed by atoms with E-state index in [4.69, 9.17) is 5.11 Å². The molecule has 0 radical (unpaired) electrons. The van der Waals surface area contributed by atoms with E-state index in [-0.39, 0.29) is 0 Å². The van der Waals surface area contributed by atoms with E-state index >= 15 is 0 Å². The Kier molecular flexibility index (Phi) is 5.01. The molecule has 1 aromatic carbocycles. The third kappa shape index (κ3) is 4.06. The van der Waals surface area contributed by atoms with E-state index in [2.05, 4.69) is 36.8 Å². The summed E-state index contributed by atoms with van der Waals surface area (Å²) in [5.74, 6) is -0.245.